The first-order valence-electron chi connectivity index (χ1n) is 8.46. The van der Waals surface area contributed by atoms with Gasteiger partial charge in [-0.3, -0.25) is 4.98 Å². The summed E-state index contributed by atoms with van der Waals surface area (Å²) in [7, 11) is 0. The summed E-state index contributed by atoms with van der Waals surface area (Å²) in [4.78, 5) is 15.9. The van der Waals surface area contributed by atoms with E-state index in [1.165, 1.54) is 11.1 Å². The predicted molar refractivity (Wildman–Crippen MR) is 91.2 cm³/mol. The van der Waals surface area contributed by atoms with Gasteiger partial charge in [0.2, 0.25) is 0 Å². The number of nitrogens with zero attached hydrogens (tertiary/aromatic N) is 1. The van der Waals surface area contributed by atoms with E-state index >= 15 is 0 Å². The summed E-state index contributed by atoms with van der Waals surface area (Å²) < 4.78 is 5.31. The van der Waals surface area contributed by atoms with Crippen LogP contribution >= 0.6 is 0 Å². The van der Waals surface area contributed by atoms with Crippen LogP contribution in [0.5, 0.6) is 0 Å². The maximum Gasteiger partial charge on any atom is 0.407 e. The Morgan fingerprint density at radius 1 is 1.26 bits per heavy atom. The van der Waals surface area contributed by atoms with Crippen LogP contribution in [0, 0.1) is 6.92 Å². The molecule has 0 saturated heterocycles. The fraction of sp³-hybridized carbons (Fsp3) is 0.667. The zero-order chi connectivity index (χ0) is 16.9. The summed E-state index contributed by atoms with van der Waals surface area (Å²) in [5.74, 6) is 0. The average Bonchev–Trinajstić information content (AvgIpc) is 2.46. The molecule has 0 aliphatic heterocycles. The number of pyridine rings is 1. The smallest absolute Gasteiger partial charge is 0.407 e. The van der Waals surface area contributed by atoms with Gasteiger partial charge >= 0.3 is 6.09 Å². The lowest BCUT2D eigenvalue weighted by atomic mass is 9.91. The molecule has 1 aliphatic rings. The molecule has 0 spiro atoms. The maximum absolute atomic E-state index is 11.8. The summed E-state index contributed by atoms with van der Waals surface area (Å²) in [6.07, 6.45) is 7.57. The molecule has 0 atom stereocenters. The predicted octanol–water partition coefficient (Wildman–Crippen LogP) is 3.32. The summed E-state index contributed by atoms with van der Waals surface area (Å²) in [6.45, 7) is 8.62. The third-order valence-electron chi connectivity index (χ3n) is 4.17. The molecule has 1 aromatic heterocycles. The lowest BCUT2D eigenvalue weighted by Crippen LogP contribution is -2.43. The van der Waals surface area contributed by atoms with Gasteiger partial charge in [0.05, 0.1) is 0 Å². The Morgan fingerprint density at radius 2 is 1.91 bits per heavy atom. The van der Waals surface area contributed by atoms with Crippen LogP contribution in [0.2, 0.25) is 0 Å². The minimum Gasteiger partial charge on any atom is -0.444 e. The van der Waals surface area contributed by atoms with Crippen LogP contribution in [0.15, 0.2) is 18.5 Å². The first-order valence-corrected chi connectivity index (χ1v) is 8.46. The van der Waals surface area contributed by atoms with Crippen LogP contribution in [0.1, 0.15) is 57.6 Å². The number of rotatable bonds is 4. The van der Waals surface area contributed by atoms with Crippen molar-refractivity contribution in [2.45, 2.75) is 77.6 Å². The number of ether oxygens (including phenoxy) is 1. The van der Waals surface area contributed by atoms with E-state index < -0.39 is 5.60 Å². The first kappa shape index (κ1) is 17.7. The minimum atomic E-state index is -0.439. The van der Waals surface area contributed by atoms with Crippen LogP contribution < -0.4 is 10.6 Å². The highest BCUT2D eigenvalue weighted by atomic mass is 16.6. The molecule has 1 aliphatic carbocycles. The molecule has 0 unspecified atom stereocenters. The lowest BCUT2D eigenvalue weighted by molar-refractivity contribution is 0.0489. The van der Waals surface area contributed by atoms with Crippen molar-refractivity contribution in [2.75, 3.05) is 0 Å². The summed E-state index contributed by atoms with van der Waals surface area (Å²) in [5.41, 5.74) is 2.08. The van der Waals surface area contributed by atoms with E-state index in [-0.39, 0.29) is 12.1 Å². The van der Waals surface area contributed by atoms with Crippen molar-refractivity contribution in [2.24, 2.45) is 0 Å². The molecule has 0 aromatic carbocycles. The van der Waals surface area contributed by atoms with Crippen molar-refractivity contribution in [1.29, 1.82) is 0 Å². The van der Waals surface area contributed by atoms with Crippen LogP contribution in [0.25, 0.3) is 0 Å². The molecule has 1 fully saturated rings. The largest absolute Gasteiger partial charge is 0.444 e. The normalized spacial score (nSPS) is 21.7. The van der Waals surface area contributed by atoms with Gasteiger partial charge in [0.15, 0.2) is 0 Å². The topological polar surface area (TPSA) is 63.2 Å². The number of aromatic nitrogens is 1. The third kappa shape index (κ3) is 6.18. The van der Waals surface area contributed by atoms with Crippen molar-refractivity contribution >= 4 is 6.09 Å². The standard InChI is InChI=1S/C18H29N3O2/c1-13-11-19-10-9-14(13)12-20-15-5-7-16(8-6-15)21-17(22)23-18(2,3)4/h9-11,15-16,20H,5-8,12H2,1-4H3,(H,21,22). The summed E-state index contributed by atoms with van der Waals surface area (Å²) in [5, 5.41) is 6.60. The molecule has 5 heteroatoms. The number of hydrogen-bond acceptors (Lipinski definition) is 4. The summed E-state index contributed by atoms with van der Waals surface area (Å²) in [6, 6.07) is 2.81. The molecule has 128 valence electrons. The highest BCUT2D eigenvalue weighted by Crippen LogP contribution is 2.20. The highest BCUT2D eigenvalue weighted by molar-refractivity contribution is 5.68. The maximum atomic E-state index is 11.8. The molecule has 1 heterocycles. The number of carbonyl (C=O) groups is 1. The van der Waals surface area contributed by atoms with Gasteiger partial charge in [0, 0.05) is 31.0 Å². The number of alkyl carbamates (subject to hydrolysis) is 1. The van der Waals surface area contributed by atoms with E-state index in [9.17, 15) is 4.79 Å². The lowest BCUT2D eigenvalue weighted by Gasteiger charge is -2.30. The minimum absolute atomic E-state index is 0.227. The molecule has 2 N–H and O–H groups in total. The highest BCUT2D eigenvalue weighted by Gasteiger charge is 2.24. The van der Waals surface area contributed by atoms with Gasteiger partial charge in [-0.15, -0.1) is 0 Å². The Bertz CT molecular complexity index is 517. The summed E-state index contributed by atoms with van der Waals surface area (Å²) >= 11 is 0. The Hall–Kier alpha value is -1.62. The molecular formula is C18H29N3O2. The van der Waals surface area contributed by atoms with Crippen molar-refractivity contribution in [3.8, 4) is 0 Å². The second-order valence-corrected chi connectivity index (χ2v) is 7.38. The van der Waals surface area contributed by atoms with Crippen LogP contribution in [-0.4, -0.2) is 28.8 Å². The van der Waals surface area contributed by atoms with E-state index in [1.54, 1.807) is 0 Å². The third-order valence-corrected chi connectivity index (χ3v) is 4.17. The van der Waals surface area contributed by atoms with E-state index in [0.29, 0.717) is 6.04 Å². The van der Waals surface area contributed by atoms with Gasteiger partial charge in [-0.05, 0) is 70.6 Å². The van der Waals surface area contributed by atoms with Crippen molar-refractivity contribution in [3.63, 3.8) is 0 Å². The van der Waals surface area contributed by atoms with Crippen molar-refractivity contribution in [3.05, 3.63) is 29.6 Å². The Morgan fingerprint density at radius 3 is 2.52 bits per heavy atom. The Kier molecular flexibility index (Phi) is 5.99. The van der Waals surface area contributed by atoms with Gasteiger partial charge in [-0.25, -0.2) is 4.79 Å². The van der Waals surface area contributed by atoms with Gasteiger partial charge in [-0.2, -0.15) is 0 Å². The van der Waals surface area contributed by atoms with E-state index in [0.717, 1.165) is 32.2 Å². The van der Waals surface area contributed by atoms with Crippen LogP contribution in [-0.2, 0) is 11.3 Å². The number of amides is 1. The Balaban J connectivity index is 1.70. The van der Waals surface area contributed by atoms with Gasteiger partial charge in [0.1, 0.15) is 5.60 Å². The number of nitrogens with one attached hydrogen (secondary N) is 2. The number of hydrogen-bond donors (Lipinski definition) is 2. The quantitative estimate of drug-likeness (QED) is 0.893. The monoisotopic (exact) mass is 319 g/mol. The molecular weight excluding hydrogens is 290 g/mol. The van der Waals surface area contributed by atoms with E-state index in [4.69, 9.17) is 4.74 Å². The SMILES string of the molecule is Cc1cnccc1CNC1CCC(NC(=O)OC(C)(C)C)CC1. The zero-order valence-corrected chi connectivity index (χ0v) is 14.7. The molecule has 0 bridgehead atoms. The van der Waals surface area contributed by atoms with Crippen molar-refractivity contribution < 1.29 is 9.53 Å². The van der Waals surface area contributed by atoms with Gasteiger partial charge < -0.3 is 15.4 Å². The second kappa shape index (κ2) is 7.77. The van der Waals surface area contributed by atoms with Crippen molar-refractivity contribution in [1.82, 2.24) is 15.6 Å². The van der Waals surface area contributed by atoms with Gasteiger partial charge in [-0.1, -0.05) is 0 Å². The average molecular weight is 319 g/mol. The fourth-order valence-electron chi connectivity index (χ4n) is 2.87. The first-order chi connectivity index (χ1) is 10.8. The molecule has 1 amide bonds. The zero-order valence-electron chi connectivity index (χ0n) is 14.7. The molecule has 1 saturated carbocycles. The number of aryl methyl sites for hydroxylation is 1. The van der Waals surface area contributed by atoms with Gasteiger partial charge in [0.25, 0.3) is 0 Å². The van der Waals surface area contributed by atoms with Crippen LogP contribution in [0.4, 0.5) is 4.79 Å². The molecule has 0 radical (unpaired) electrons. The second-order valence-electron chi connectivity index (χ2n) is 7.38. The molecule has 23 heavy (non-hydrogen) atoms. The van der Waals surface area contributed by atoms with Crippen LogP contribution in [0.3, 0.4) is 0 Å². The Labute approximate surface area is 139 Å². The van der Waals surface area contributed by atoms with E-state index in [2.05, 4.69) is 28.6 Å². The number of carbonyl (C=O) groups excluding carboxylic acids is 1. The molecule has 2 rings (SSSR count). The fourth-order valence-corrected chi connectivity index (χ4v) is 2.87. The van der Waals surface area contributed by atoms with E-state index in [1.807, 2.05) is 33.2 Å². The molecule has 5 nitrogen and oxygen atoms in total. The molecule has 1 aromatic rings.